The maximum Gasteiger partial charge on any atom is 0.268 e. The molecule has 4 heteroatoms. The van der Waals surface area contributed by atoms with Gasteiger partial charge in [-0.2, -0.15) is 0 Å². The van der Waals surface area contributed by atoms with Gasteiger partial charge in [-0.1, -0.05) is 43.7 Å². The Morgan fingerprint density at radius 1 is 1.12 bits per heavy atom. The Hall–Kier alpha value is -2.62. The van der Waals surface area contributed by atoms with Crippen molar-refractivity contribution in [2.45, 2.75) is 39.7 Å². The largest absolute Gasteiger partial charge is 0.350 e. The second kappa shape index (κ2) is 8.17. The Labute approximate surface area is 153 Å². The van der Waals surface area contributed by atoms with Crippen LogP contribution in [0.25, 0.3) is 10.9 Å². The van der Waals surface area contributed by atoms with Gasteiger partial charge in [0.15, 0.2) is 0 Å². The molecule has 0 aliphatic heterocycles. The molecular formula is C22H25FN2O. The Balaban J connectivity index is 1.78. The third kappa shape index (κ3) is 3.79. The lowest BCUT2D eigenvalue weighted by atomic mass is 10.1. The first-order chi connectivity index (χ1) is 12.6. The van der Waals surface area contributed by atoms with Gasteiger partial charge >= 0.3 is 0 Å². The Morgan fingerprint density at radius 3 is 2.58 bits per heavy atom. The summed E-state index contributed by atoms with van der Waals surface area (Å²) in [5, 5.41) is 4.16. The van der Waals surface area contributed by atoms with Gasteiger partial charge in [0.05, 0.1) is 0 Å². The fourth-order valence-corrected chi connectivity index (χ4v) is 3.37. The zero-order valence-corrected chi connectivity index (χ0v) is 15.4. The molecule has 0 fully saturated rings. The topological polar surface area (TPSA) is 34.0 Å². The molecule has 3 aromatic rings. The van der Waals surface area contributed by atoms with E-state index in [1.54, 1.807) is 12.1 Å². The maximum atomic E-state index is 13.0. The molecule has 0 unspecified atom stereocenters. The lowest BCUT2D eigenvalue weighted by molar-refractivity contribution is 0.0944. The number of unbranched alkanes of at least 4 members (excludes halogenated alkanes) is 1. The minimum atomic E-state index is -0.242. The third-order valence-electron chi connectivity index (χ3n) is 4.79. The SMILES string of the molecule is CCCCn1c(C(=O)NCCc2ccc(F)cc2)c(C)c2ccccc21. The summed E-state index contributed by atoms with van der Waals surface area (Å²) in [6.07, 6.45) is 2.80. The summed E-state index contributed by atoms with van der Waals surface area (Å²) in [4.78, 5) is 12.9. The van der Waals surface area contributed by atoms with E-state index in [0.717, 1.165) is 47.1 Å². The van der Waals surface area contributed by atoms with E-state index < -0.39 is 0 Å². The fourth-order valence-electron chi connectivity index (χ4n) is 3.37. The summed E-state index contributed by atoms with van der Waals surface area (Å²) in [6.45, 7) is 5.53. The summed E-state index contributed by atoms with van der Waals surface area (Å²) in [7, 11) is 0. The quantitative estimate of drug-likeness (QED) is 0.647. The van der Waals surface area contributed by atoms with Crippen molar-refractivity contribution in [1.82, 2.24) is 9.88 Å². The highest BCUT2D eigenvalue weighted by Gasteiger charge is 2.19. The number of rotatable bonds is 7. The van der Waals surface area contributed by atoms with Gasteiger partial charge < -0.3 is 9.88 Å². The molecule has 2 aromatic carbocycles. The van der Waals surface area contributed by atoms with Gasteiger partial charge in [0.25, 0.3) is 5.91 Å². The van der Waals surface area contributed by atoms with Crippen molar-refractivity contribution in [2.75, 3.05) is 6.54 Å². The van der Waals surface area contributed by atoms with Crippen LogP contribution in [-0.2, 0) is 13.0 Å². The van der Waals surface area contributed by atoms with E-state index >= 15 is 0 Å². The summed E-state index contributed by atoms with van der Waals surface area (Å²) in [6, 6.07) is 14.6. The number of aromatic nitrogens is 1. The smallest absolute Gasteiger partial charge is 0.268 e. The minimum absolute atomic E-state index is 0.0445. The van der Waals surface area contributed by atoms with Crippen LogP contribution in [0.3, 0.4) is 0 Å². The molecule has 1 heterocycles. The van der Waals surface area contributed by atoms with Gasteiger partial charge in [0, 0.05) is 24.0 Å². The third-order valence-corrected chi connectivity index (χ3v) is 4.79. The number of hydrogen-bond donors (Lipinski definition) is 1. The second-order valence-corrected chi connectivity index (χ2v) is 6.63. The molecule has 0 radical (unpaired) electrons. The number of hydrogen-bond acceptors (Lipinski definition) is 1. The molecular weight excluding hydrogens is 327 g/mol. The number of benzene rings is 2. The number of aryl methyl sites for hydroxylation is 2. The number of nitrogens with one attached hydrogen (secondary N) is 1. The highest BCUT2D eigenvalue weighted by atomic mass is 19.1. The van der Waals surface area contributed by atoms with Crippen molar-refractivity contribution < 1.29 is 9.18 Å². The van der Waals surface area contributed by atoms with Crippen LogP contribution in [0.4, 0.5) is 4.39 Å². The lowest BCUT2D eigenvalue weighted by Gasteiger charge is -2.11. The molecule has 0 aliphatic carbocycles. The molecule has 1 N–H and O–H groups in total. The molecule has 26 heavy (non-hydrogen) atoms. The van der Waals surface area contributed by atoms with E-state index in [1.807, 2.05) is 19.1 Å². The Morgan fingerprint density at radius 2 is 1.85 bits per heavy atom. The van der Waals surface area contributed by atoms with E-state index in [9.17, 15) is 9.18 Å². The molecule has 0 atom stereocenters. The number of nitrogens with zero attached hydrogens (tertiary/aromatic N) is 1. The zero-order valence-electron chi connectivity index (χ0n) is 15.4. The van der Waals surface area contributed by atoms with Crippen molar-refractivity contribution in [3.8, 4) is 0 Å². The van der Waals surface area contributed by atoms with E-state index in [-0.39, 0.29) is 11.7 Å². The zero-order chi connectivity index (χ0) is 18.5. The average molecular weight is 352 g/mol. The number of halogens is 1. The van der Waals surface area contributed by atoms with Gasteiger partial charge in [-0.25, -0.2) is 4.39 Å². The van der Waals surface area contributed by atoms with Gasteiger partial charge in [0.2, 0.25) is 0 Å². The standard InChI is InChI=1S/C22H25FN2O/c1-3-4-15-25-20-8-6-5-7-19(20)16(2)21(25)22(26)24-14-13-17-9-11-18(23)12-10-17/h5-12H,3-4,13-15H2,1-2H3,(H,24,26). The number of fused-ring (bicyclic) bond motifs is 1. The minimum Gasteiger partial charge on any atom is -0.350 e. The average Bonchev–Trinajstić information content (AvgIpc) is 2.94. The highest BCUT2D eigenvalue weighted by molar-refractivity contribution is 6.01. The predicted molar refractivity (Wildman–Crippen MR) is 104 cm³/mol. The van der Waals surface area contributed by atoms with Crippen LogP contribution in [0.5, 0.6) is 0 Å². The maximum absolute atomic E-state index is 13.0. The molecule has 136 valence electrons. The van der Waals surface area contributed by atoms with Gasteiger partial charge in [-0.3, -0.25) is 4.79 Å². The van der Waals surface area contributed by atoms with E-state index in [0.29, 0.717) is 13.0 Å². The fraction of sp³-hybridized carbons (Fsp3) is 0.318. The number of amides is 1. The lowest BCUT2D eigenvalue weighted by Crippen LogP contribution is -2.28. The molecule has 0 saturated heterocycles. The number of carbonyl (C=O) groups is 1. The van der Waals surface area contributed by atoms with Crippen molar-refractivity contribution in [1.29, 1.82) is 0 Å². The van der Waals surface area contributed by atoms with Crippen LogP contribution in [0, 0.1) is 12.7 Å². The van der Waals surface area contributed by atoms with Crippen LogP contribution in [0.1, 0.15) is 41.4 Å². The van der Waals surface area contributed by atoms with E-state index in [4.69, 9.17) is 0 Å². The molecule has 0 aliphatic rings. The molecule has 0 saturated carbocycles. The molecule has 3 rings (SSSR count). The predicted octanol–water partition coefficient (Wildman–Crippen LogP) is 4.86. The molecule has 1 amide bonds. The summed E-state index contributed by atoms with van der Waals surface area (Å²) in [5.41, 5.74) is 3.90. The van der Waals surface area contributed by atoms with Crippen LogP contribution >= 0.6 is 0 Å². The second-order valence-electron chi connectivity index (χ2n) is 6.63. The van der Waals surface area contributed by atoms with E-state index in [2.05, 4.69) is 28.9 Å². The van der Waals surface area contributed by atoms with Crippen LogP contribution in [0.15, 0.2) is 48.5 Å². The van der Waals surface area contributed by atoms with E-state index in [1.165, 1.54) is 12.1 Å². The molecule has 0 bridgehead atoms. The summed E-state index contributed by atoms with van der Waals surface area (Å²) < 4.78 is 15.1. The van der Waals surface area contributed by atoms with Crippen molar-refractivity contribution in [3.05, 3.63) is 71.2 Å². The normalized spacial score (nSPS) is 11.0. The number of para-hydroxylation sites is 1. The Kier molecular flexibility index (Phi) is 5.71. The van der Waals surface area contributed by atoms with Crippen molar-refractivity contribution in [3.63, 3.8) is 0 Å². The van der Waals surface area contributed by atoms with Gasteiger partial charge in [0.1, 0.15) is 11.5 Å². The van der Waals surface area contributed by atoms with Crippen molar-refractivity contribution >= 4 is 16.8 Å². The first-order valence-corrected chi connectivity index (χ1v) is 9.22. The van der Waals surface area contributed by atoms with Crippen molar-refractivity contribution in [2.24, 2.45) is 0 Å². The van der Waals surface area contributed by atoms with Gasteiger partial charge in [-0.05, 0) is 49.1 Å². The highest BCUT2D eigenvalue weighted by Crippen LogP contribution is 2.26. The summed E-state index contributed by atoms with van der Waals surface area (Å²) in [5.74, 6) is -0.286. The first kappa shape index (κ1) is 18.2. The summed E-state index contributed by atoms with van der Waals surface area (Å²) >= 11 is 0. The Bertz CT molecular complexity index is 896. The van der Waals surface area contributed by atoms with Gasteiger partial charge in [-0.15, -0.1) is 0 Å². The van der Waals surface area contributed by atoms with Crippen LogP contribution in [0.2, 0.25) is 0 Å². The molecule has 0 spiro atoms. The number of carbonyl (C=O) groups excluding carboxylic acids is 1. The monoisotopic (exact) mass is 352 g/mol. The van der Waals surface area contributed by atoms with Crippen LogP contribution < -0.4 is 5.32 Å². The molecule has 3 nitrogen and oxygen atoms in total. The van der Waals surface area contributed by atoms with Crippen LogP contribution in [-0.4, -0.2) is 17.0 Å². The molecule has 1 aromatic heterocycles. The first-order valence-electron chi connectivity index (χ1n) is 9.22.